The van der Waals surface area contributed by atoms with Crippen LogP contribution in [0.4, 0.5) is 0 Å². The number of ether oxygens (including phenoxy) is 3. The van der Waals surface area contributed by atoms with Gasteiger partial charge in [0.2, 0.25) is 0 Å². The molecule has 3 rings (SSSR count). The van der Waals surface area contributed by atoms with Gasteiger partial charge in [-0.15, -0.1) is 4.40 Å². The predicted octanol–water partition coefficient (Wildman–Crippen LogP) is 6.52. The summed E-state index contributed by atoms with van der Waals surface area (Å²) >= 11 is 1.04. The smallest absolute Gasteiger partial charge is 0.284 e. The second-order valence-corrected chi connectivity index (χ2v) is 12.1. The van der Waals surface area contributed by atoms with Crippen molar-refractivity contribution in [3.05, 3.63) is 59.0 Å². The topological polar surface area (TPSA) is 94.5 Å². The SMILES string of the molecule is CCCCCCCCCOc1cc(/C=C2\S/C(=N/S(=O)(=O)c3ccccc3)N(CCCOC)C2=O)ccc1OC. The maximum atomic E-state index is 13.3. The van der Waals surface area contributed by atoms with Crippen LogP contribution < -0.4 is 9.47 Å². The molecule has 2 aromatic carbocycles. The fourth-order valence-corrected chi connectivity index (χ4v) is 6.40. The van der Waals surface area contributed by atoms with Gasteiger partial charge in [-0.3, -0.25) is 9.69 Å². The summed E-state index contributed by atoms with van der Waals surface area (Å²) in [6, 6.07) is 13.5. The molecule has 1 heterocycles. The molecule has 2 aromatic rings. The summed E-state index contributed by atoms with van der Waals surface area (Å²) in [4.78, 5) is 15.2. The molecule has 40 heavy (non-hydrogen) atoms. The quantitative estimate of drug-likeness (QED) is 0.153. The lowest BCUT2D eigenvalue weighted by Gasteiger charge is -2.15. The Kier molecular flexibility index (Phi) is 13.0. The maximum absolute atomic E-state index is 13.3. The number of thioether (sulfide) groups is 1. The van der Waals surface area contributed by atoms with Gasteiger partial charge in [0.1, 0.15) is 0 Å². The predicted molar refractivity (Wildman–Crippen MR) is 161 cm³/mol. The van der Waals surface area contributed by atoms with Gasteiger partial charge in [-0.1, -0.05) is 69.7 Å². The molecule has 0 unspecified atom stereocenters. The Morgan fingerprint density at radius 3 is 2.33 bits per heavy atom. The highest BCUT2D eigenvalue weighted by Gasteiger charge is 2.34. The minimum absolute atomic E-state index is 0.0720. The fraction of sp³-hybridized carbons (Fsp3) is 0.467. The first-order valence-corrected chi connectivity index (χ1v) is 16.1. The first kappa shape index (κ1) is 31.7. The largest absolute Gasteiger partial charge is 0.493 e. The minimum atomic E-state index is -3.99. The molecule has 1 fully saturated rings. The molecule has 1 aliphatic rings. The van der Waals surface area contributed by atoms with Gasteiger partial charge in [0, 0.05) is 20.3 Å². The minimum Gasteiger partial charge on any atom is -0.493 e. The first-order chi connectivity index (χ1) is 19.4. The van der Waals surface area contributed by atoms with Gasteiger partial charge < -0.3 is 14.2 Å². The van der Waals surface area contributed by atoms with E-state index in [4.69, 9.17) is 14.2 Å². The van der Waals surface area contributed by atoms with Crippen molar-refractivity contribution >= 4 is 38.9 Å². The van der Waals surface area contributed by atoms with Gasteiger partial charge in [-0.05, 0) is 60.5 Å². The number of unbranched alkanes of at least 4 members (excludes halogenated alkanes) is 6. The summed E-state index contributed by atoms with van der Waals surface area (Å²) in [6.07, 6.45) is 10.6. The average molecular weight is 589 g/mol. The van der Waals surface area contributed by atoms with Crippen molar-refractivity contribution in [2.45, 2.75) is 63.2 Å². The third-order valence-corrected chi connectivity index (χ3v) is 8.75. The molecular formula is C30H40N2O6S2. The van der Waals surface area contributed by atoms with Crippen molar-refractivity contribution in [1.29, 1.82) is 0 Å². The normalized spacial score (nSPS) is 15.8. The van der Waals surface area contributed by atoms with Gasteiger partial charge in [0.25, 0.3) is 15.9 Å². The van der Waals surface area contributed by atoms with E-state index in [9.17, 15) is 13.2 Å². The van der Waals surface area contributed by atoms with Crippen LogP contribution >= 0.6 is 11.8 Å². The maximum Gasteiger partial charge on any atom is 0.284 e. The van der Waals surface area contributed by atoms with E-state index in [0.717, 1.165) is 30.2 Å². The van der Waals surface area contributed by atoms with Crippen molar-refractivity contribution in [2.24, 2.45) is 4.40 Å². The zero-order chi connectivity index (χ0) is 28.8. The van der Waals surface area contributed by atoms with Gasteiger partial charge in [0.15, 0.2) is 16.7 Å². The molecule has 0 N–H and O–H groups in total. The summed E-state index contributed by atoms with van der Waals surface area (Å²) in [5, 5.41) is 0.125. The fourth-order valence-electron chi connectivity index (χ4n) is 4.18. The number of rotatable bonds is 17. The summed E-state index contributed by atoms with van der Waals surface area (Å²) in [5.74, 6) is 0.924. The van der Waals surface area contributed by atoms with Gasteiger partial charge in [-0.2, -0.15) is 8.42 Å². The van der Waals surface area contributed by atoms with E-state index >= 15 is 0 Å². The lowest BCUT2D eigenvalue weighted by molar-refractivity contribution is -0.122. The van der Waals surface area contributed by atoms with E-state index in [1.807, 2.05) is 18.2 Å². The number of carbonyl (C=O) groups excluding carboxylic acids is 1. The number of benzene rings is 2. The van der Waals surface area contributed by atoms with Crippen LogP contribution in [-0.4, -0.2) is 58.4 Å². The molecule has 1 aliphatic heterocycles. The van der Waals surface area contributed by atoms with Crippen LogP contribution in [-0.2, 0) is 19.6 Å². The number of amides is 1. The van der Waals surface area contributed by atoms with E-state index in [-0.39, 0.29) is 22.5 Å². The van der Waals surface area contributed by atoms with E-state index in [1.165, 1.54) is 49.1 Å². The van der Waals surface area contributed by atoms with Crippen LogP contribution in [0.15, 0.2) is 62.7 Å². The van der Waals surface area contributed by atoms with E-state index < -0.39 is 10.0 Å². The number of sulfonamides is 1. The molecule has 0 radical (unpaired) electrons. The summed E-state index contributed by atoms with van der Waals surface area (Å²) in [6.45, 7) is 3.52. The Bertz CT molecular complexity index is 1260. The van der Waals surface area contributed by atoms with Crippen LogP contribution in [0.5, 0.6) is 11.5 Å². The van der Waals surface area contributed by atoms with Crippen LogP contribution in [0.3, 0.4) is 0 Å². The number of carbonyl (C=O) groups is 1. The van der Waals surface area contributed by atoms with Gasteiger partial charge in [-0.25, -0.2) is 0 Å². The second-order valence-electron chi connectivity index (χ2n) is 9.46. The molecule has 10 heteroatoms. The molecule has 218 valence electrons. The summed E-state index contributed by atoms with van der Waals surface area (Å²) in [5.41, 5.74) is 0.746. The molecular weight excluding hydrogens is 548 g/mol. The van der Waals surface area contributed by atoms with E-state index in [0.29, 0.717) is 36.0 Å². The molecule has 1 saturated heterocycles. The molecule has 0 bridgehead atoms. The van der Waals surface area contributed by atoms with Crippen LogP contribution in [0.1, 0.15) is 63.9 Å². The van der Waals surface area contributed by atoms with E-state index in [1.54, 1.807) is 38.5 Å². The number of methoxy groups -OCH3 is 2. The Morgan fingerprint density at radius 2 is 1.62 bits per heavy atom. The monoisotopic (exact) mass is 588 g/mol. The average Bonchev–Trinajstić information content (AvgIpc) is 3.23. The Morgan fingerprint density at radius 1 is 0.900 bits per heavy atom. The Balaban J connectivity index is 1.77. The van der Waals surface area contributed by atoms with Crippen LogP contribution in [0, 0.1) is 0 Å². The highest BCUT2D eigenvalue weighted by Crippen LogP contribution is 2.36. The Hall–Kier alpha value is -2.82. The zero-order valence-corrected chi connectivity index (χ0v) is 25.3. The lowest BCUT2D eigenvalue weighted by Crippen LogP contribution is -2.31. The van der Waals surface area contributed by atoms with Crippen molar-refractivity contribution in [2.75, 3.05) is 34.0 Å². The van der Waals surface area contributed by atoms with Gasteiger partial charge in [0.05, 0.1) is 23.5 Å². The molecule has 1 amide bonds. The van der Waals surface area contributed by atoms with Crippen molar-refractivity contribution in [3.8, 4) is 11.5 Å². The standard InChI is InChI=1S/C30H40N2O6S2/c1-4-5-6-7-8-9-13-21-38-27-22-24(17-18-26(27)37-3)23-28-29(33)32(19-14-20-36-2)30(39-28)31-40(34,35)25-15-11-10-12-16-25/h10-12,15-18,22-23H,4-9,13-14,19-21H2,1-3H3/b28-23-,31-30+. The van der Waals surface area contributed by atoms with Crippen molar-refractivity contribution < 1.29 is 27.4 Å². The van der Waals surface area contributed by atoms with Crippen LogP contribution in [0.2, 0.25) is 0 Å². The first-order valence-electron chi connectivity index (χ1n) is 13.8. The Labute approximate surface area is 242 Å². The lowest BCUT2D eigenvalue weighted by atomic mass is 10.1. The molecule has 0 aliphatic carbocycles. The third-order valence-electron chi connectivity index (χ3n) is 6.35. The van der Waals surface area contributed by atoms with Crippen molar-refractivity contribution in [3.63, 3.8) is 0 Å². The molecule has 0 saturated carbocycles. The van der Waals surface area contributed by atoms with E-state index in [2.05, 4.69) is 11.3 Å². The highest BCUT2D eigenvalue weighted by atomic mass is 32.2. The number of nitrogens with zero attached hydrogens (tertiary/aromatic N) is 2. The number of amidine groups is 1. The number of hydrogen-bond donors (Lipinski definition) is 0. The summed E-state index contributed by atoms with van der Waals surface area (Å²) in [7, 11) is -0.810. The second kappa shape index (κ2) is 16.4. The summed E-state index contributed by atoms with van der Waals surface area (Å²) < 4.78 is 46.6. The highest BCUT2D eigenvalue weighted by molar-refractivity contribution is 8.19. The van der Waals surface area contributed by atoms with Gasteiger partial charge >= 0.3 is 0 Å². The molecule has 0 spiro atoms. The van der Waals surface area contributed by atoms with Crippen molar-refractivity contribution in [1.82, 2.24) is 4.90 Å². The van der Waals surface area contributed by atoms with Crippen LogP contribution in [0.25, 0.3) is 6.08 Å². The number of hydrogen-bond acceptors (Lipinski definition) is 7. The third kappa shape index (κ3) is 9.38. The molecule has 8 nitrogen and oxygen atoms in total. The zero-order valence-electron chi connectivity index (χ0n) is 23.6. The molecule has 0 atom stereocenters. The molecule has 0 aromatic heterocycles.